The second kappa shape index (κ2) is 5.85. The average Bonchev–Trinajstić information content (AvgIpc) is 2.74. The van der Waals surface area contributed by atoms with Gasteiger partial charge in [0.05, 0.1) is 0 Å². The highest BCUT2D eigenvalue weighted by Crippen LogP contribution is 2.18. The van der Waals surface area contributed by atoms with Crippen LogP contribution in [0.5, 0.6) is 0 Å². The molecular weight excluding hydrogens is 318 g/mol. The number of nitrogens with zero attached hydrogens (tertiary/aromatic N) is 1. The van der Waals surface area contributed by atoms with Crippen molar-refractivity contribution >= 4 is 21.6 Å². The molecule has 0 aliphatic carbocycles. The van der Waals surface area contributed by atoms with Crippen LogP contribution in [-0.4, -0.2) is 0 Å². The van der Waals surface area contributed by atoms with E-state index >= 15 is 0 Å². The summed E-state index contributed by atoms with van der Waals surface area (Å²) in [6.07, 6.45) is 0. The van der Waals surface area contributed by atoms with Gasteiger partial charge < -0.3 is 17.0 Å². The highest BCUT2D eigenvalue weighted by atomic mass is 79.9. The van der Waals surface area contributed by atoms with Gasteiger partial charge in [0.25, 0.3) is 0 Å². The first-order valence-corrected chi connectivity index (χ1v) is 7.04. The molecule has 0 fully saturated rings. The second-order valence-corrected chi connectivity index (χ2v) is 5.64. The summed E-state index contributed by atoms with van der Waals surface area (Å²) in [4.78, 5) is 0. The fraction of sp³-hybridized carbons (Fsp3) is 0.188. The maximum Gasteiger partial charge on any atom is 0.226 e. The predicted molar refractivity (Wildman–Crippen MR) is 77.0 cm³/mol. The first-order valence-electron chi connectivity index (χ1n) is 6.16. The van der Waals surface area contributed by atoms with E-state index in [4.69, 9.17) is 0 Å². The fourth-order valence-electron chi connectivity index (χ4n) is 2.22. The number of aryl methyl sites for hydroxylation is 2. The summed E-state index contributed by atoms with van der Waals surface area (Å²) < 4.78 is 3.70. The fourth-order valence-corrected chi connectivity index (χ4v) is 3.21. The van der Waals surface area contributed by atoms with E-state index in [2.05, 4.69) is 66.4 Å². The molecule has 1 nitrogen and oxygen atoms in total. The SMILES string of the molecule is Cc1ccc2c(c1)sc[n+]2Cc1ccccc1C.[Br-]. The number of aromatic nitrogens is 1. The predicted octanol–water partition coefficient (Wildman–Crippen LogP) is 0.858. The Bertz CT molecular complexity index is 703. The lowest BCUT2D eigenvalue weighted by atomic mass is 10.1. The quantitative estimate of drug-likeness (QED) is 0.612. The number of benzene rings is 2. The summed E-state index contributed by atoms with van der Waals surface area (Å²) in [5, 5.41) is 0. The molecule has 0 radical (unpaired) electrons. The maximum atomic E-state index is 2.34. The number of hydrogen-bond acceptors (Lipinski definition) is 1. The van der Waals surface area contributed by atoms with Crippen LogP contribution >= 0.6 is 11.3 Å². The van der Waals surface area contributed by atoms with Gasteiger partial charge in [0, 0.05) is 11.6 Å². The summed E-state index contributed by atoms with van der Waals surface area (Å²) >= 11 is 1.82. The maximum absolute atomic E-state index is 2.34. The molecule has 0 aliphatic heterocycles. The Morgan fingerprint density at radius 3 is 2.63 bits per heavy atom. The smallest absolute Gasteiger partial charge is 0.226 e. The minimum atomic E-state index is 0. The van der Waals surface area contributed by atoms with Crippen molar-refractivity contribution < 1.29 is 21.5 Å². The lowest BCUT2D eigenvalue weighted by Crippen LogP contribution is -3.00. The van der Waals surface area contributed by atoms with Crippen molar-refractivity contribution in [1.29, 1.82) is 0 Å². The summed E-state index contributed by atoms with van der Waals surface area (Å²) in [5.74, 6) is 0. The van der Waals surface area contributed by atoms with Crippen LogP contribution in [0.25, 0.3) is 10.2 Å². The van der Waals surface area contributed by atoms with Crippen LogP contribution in [0.3, 0.4) is 0 Å². The van der Waals surface area contributed by atoms with E-state index in [1.54, 1.807) is 0 Å². The first kappa shape index (κ1) is 14.2. The van der Waals surface area contributed by atoms with Gasteiger partial charge in [0.2, 0.25) is 11.0 Å². The molecule has 1 aromatic heterocycles. The highest BCUT2D eigenvalue weighted by Gasteiger charge is 2.12. The Morgan fingerprint density at radius 1 is 1.05 bits per heavy atom. The number of thiazole rings is 1. The molecule has 3 aromatic rings. The zero-order chi connectivity index (χ0) is 12.5. The van der Waals surface area contributed by atoms with Gasteiger partial charge in [-0.1, -0.05) is 41.7 Å². The van der Waals surface area contributed by atoms with Crippen LogP contribution in [-0.2, 0) is 6.54 Å². The monoisotopic (exact) mass is 333 g/mol. The van der Waals surface area contributed by atoms with Gasteiger partial charge in [0.1, 0.15) is 4.70 Å². The van der Waals surface area contributed by atoms with Crippen molar-refractivity contribution in [2.24, 2.45) is 0 Å². The lowest BCUT2D eigenvalue weighted by Gasteiger charge is -2.00. The third kappa shape index (κ3) is 2.88. The van der Waals surface area contributed by atoms with Crippen LogP contribution in [0.4, 0.5) is 0 Å². The molecule has 0 spiro atoms. The van der Waals surface area contributed by atoms with Crippen LogP contribution in [0.2, 0.25) is 0 Å². The molecule has 0 aliphatic rings. The molecular formula is C16H16BrNS. The molecule has 0 atom stereocenters. The molecule has 3 heteroatoms. The normalized spacial score (nSPS) is 10.4. The molecule has 2 aromatic carbocycles. The Kier molecular flexibility index (Phi) is 4.38. The largest absolute Gasteiger partial charge is 1.00 e. The van der Waals surface area contributed by atoms with Gasteiger partial charge >= 0.3 is 0 Å². The number of rotatable bonds is 2. The van der Waals surface area contributed by atoms with Crippen molar-refractivity contribution in [3.05, 3.63) is 64.7 Å². The lowest BCUT2D eigenvalue weighted by molar-refractivity contribution is -0.658. The van der Waals surface area contributed by atoms with Crippen molar-refractivity contribution in [3.63, 3.8) is 0 Å². The average molecular weight is 334 g/mol. The van der Waals surface area contributed by atoms with Crippen molar-refractivity contribution in [3.8, 4) is 0 Å². The second-order valence-electron chi connectivity index (χ2n) is 4.75. The van der Waals surface area contributed by atoms with Gasteiger partial charge in [-0.2, -0.15) is 4.57 Å². The molecule has 1 heterocycles. The molecule has 98 valence electrons. The molecule has 0 saturated carbocycles. The number of halogens is 1. The van der Waals surface area contributed by atoms with Gasteiger partial charge in [-0.05, 0) is 31.0 Å². The summed E-state index contributed by atoms with van der Waals surface area (Å²) in [6.45, 7) is 5.27. The number of fused-ring (bicyclic) bond motifs is 1. The van der Waals surface area contributed by atoms with Crippen molar-refractivity contribution in [1.82, 2.24) is 0 Å². The van der Waals surface area contributed by atoms with Gasteiger partial charge in [0.15, 0.2) is 6.54 Å². The Labute approximate surface area is 128 Å². The topological polar surface area (TPSA) is 3.88 Å². The third-order valence-corrected chi connectivity index (χ3v) is 4.27. The molecule has 0 saturated heterocycles. The summed E-state index contributed by atoms with van der Waals surface area (Å²) in [6, 6.07) is 15.3. The van der Waals surface area contributed by atoms with E-state index in [1.807, 2.05) is 11.3 Å². The zero-order valence-corrected chi connectivity index (χ0v) is 13.5. The molecule has 19 heavy (non-hydrogen) atoms. The molecule has 0 bridgehead atoms. The Hall–Kier alpha value is -1.19. The highest BCUT2D eigenvalue weighted by molar-refractivity contribution is 7.16. The van der Waals surface area contributed by atoms with E-state index in [-0.39, 0.29) is 17.0 Å². The van der Waals surface area contributed by atoms with Gasteiger partial charge in [-0.25, -0.2) is 0 Å². The number of hydrogen-bond donors (Lipinski definition) is 0. The molecule has 3 rings (SSSR count). The van der Waals surface area contributed by atoms with E-state index < -0.39 is 0 Å². The van der Waals surface area contributed by atoms with Crippen molar-refractivity contribution in [2.75, 3.05) is 0 Å². The Balaban J connectivity index is 0.00000133. The van der Waals surface area contributed by atoms with Crippen LogP contribution in [0.1, 0.15) is 16.7 Å². The summed E-state index contributed by atoms with van der Waals surface area (Å²) in [5.41, 5.74) is 7.62. The van der Waals surface area contributed by atoms with E-state index in [0.717, 1.165) is 6.54 Å². The first-order chi connectivity index (χ1) is 8.74. The van der Waals surface area contributed by atoms with Crippen LogP contribution < -0.4 is 21.5 Å². The molecule has 0 N–H and O–H groups in total. The minimum absolute atomic E-state index is 0. The standard InChI is InChI=1S/C16H16NS.BrH/c1-12-7-8-15-16(9-12)18-11-17(15)10-14-6-4-3-5-13(14)2;/h3-9,11H,10H2,1-2H3;1H/q+1;/p-1. The van der Waals surface area contributed by atoms with Gasteiger partial charge in [-0.3, -0.25) is 0 Å². The molecule has 0 amide bonds. The van der Waals surface area contributed by atoms with E-state index in [0.29, 0.717) is 0 Å². The minimum Gasteiger partial charge on any atom is -1.00 e. The van der Waals surface area contributed by atoms with Crippen LogP contribution in [0.15, 0.2) is 48.0 Å². The van der Waals surface area contributed by atoms with Crippen LogP contribution in [0, 0.1) is 13.8 Å². The van der Waals surface area contributed by atoms with E-state index in [1.165, 1.54) is 26.9 Å². The van der Waals surface area contributed by atoms with E-state index in [9.17, 15) is 0 Å². The van der Waals surface area contributed by atoms with Crippen molar-refractivity contribution in [2.45, 2.75) is 20.4 Å². The Morgan fingerprint density at radius 2 is 1.84 bits per heavy atom. The third-order valence-electron chi connectivity index (χ3n) is 3.33. The zero-order valence-electron chi connectivity index (χ0n) is 11.1. The molecule has 0 unspecified atom stereocenters. The summed E-state index contributed by atoms with van der Waals surface area (Å²) in [7, 11) is 0. The van der Waals surface area contributed by atoms with Gasteiger partial charge in [-0.15, -0.1) is 0 Å².